The average Bonchev–Trinajstić information content (AvgIpc) is 2.89. The molecule has 0 radical (unpaired) electrons. The van der Waals surface area contributed by atoms with Crippen LogP contribution >= 0.6 is 23.2 Å². The predicted molar refractivity (Wildman–Crippen MR) is 111 cm³/mol. The van der Waals surface area contributed by atoms with E-state index >= 15 is 0 Å². The van der Waals surface area contributed by atoms with Gasteiger partial charge in [-0.15, -0.1) is 0 Å². The summed E-state index contributed by atoms with van der Waals surface area (Å²) in [6.07, 6.45) is 0. The molecule has 0 aliphatic carbocycles. The van der Waals surface area contributed by atoms with Gasteiger partial charge in [-0.1, -0.05) is 41.4 Å². The molecule has 0 saturated heterocycles. The van der Waals surface area contributed by atoms with E-state index in [4.69, 9.17) is 23.2 Å². The highest BCUT2D eigenvalue weighted by molar-refractivity contribution is 6.34. The molecule has 9 heteroatoms. The number of carbonyl (C=O) groups is 1. The highest BCUT2D eigenvalue weighted by Gasteiger charge is 2.22. The van der Waals surface area contributed by atoms with Gasteiger partial charge in [-0.3, -0.25) is 4.79 Å². The second-order valence-electron chi connectivity index (χ2n) is 6.64. The Morgan fingerprint density at radius 2 is 1.79 bits per heavy atom. The molecule has 2 aromatic carbocycles. The summed E-state index contributed by atoms with van der Waals surface area (Å²) in [5, 5.41) is 7.42. The number of nitrogens with zero attached hydrogens (tertiary/aromatic N) is 3. The molecule has 0 atom stereocenters. The van der Waals surface area contributed by atoms with Crippen molar-refractivity contribution in [3.8, 4) is 0 Å². The SMILES string of the molecule is Cc1nn(Cc2ccccc2Cl)c(Cl)c1C(=O)Nc1cc(F)c(N(C)C)c(F)c1. The van der Waals surface area contributed by atoms with Crippen LogP contribution in [0.2, 0.25) is 10.2 Å². The van der Waals surface area contributed by atoms with Crippen molar-refractivity contribution in [1.29, 1.82) is 0 Å². The molecule has 0 aliphatic rings. The summed E-state index contributed by atoms with van der Waals surface area (Å²) in [6.45, 7) is 1.90. The third kappa shape index (κ3) is 4.36. The lowest BCUT2D eigenvalue weighted by molar-refractivity contribution is 0.102. The molecule has 0 aliphatic heterocycles. The molecule has 1 amide bonds. The van der Waals surface area contributed by atoms with E-state index in [1.54, 1.807) is 19.1 Å². The van der Waals surface area contributed by atoms with Gasteiger partial charge in [-0.05, 0) is 30.7 Å². The molecule has 3 aromatic rings. The van der Waals surface area contributed by atoms with E-state index in [0.717, 1.165) is 17.7 Å². The van der Waals surface area contributed by atoms with Crippen LogP contribution in [0.5, 0.6) is 0 Å². The van der Waals surface area contributed by atoms with Crippen LogP contribution in [-0.2, 0) is 6.54 Å². The Kier molecular flexibility index (Phi) is 6.10. The van der Waals surface area contributed by atoms with Crippen LogP contribution in [0.25, 0.3) is 0 Å². The molecule has 0 saturated carbocycles. The van der Waals surface area contributed by atoms with Gasteiger partial charge in [0.1, 0.15) is 10.8 Å². The average molecular weight is 439 g/mol. The number of aryl methyl sites for hydroxylation is 1. The minimum atomic E-state index is -0.789. The summed E-state index contributed by atoms with van der Waals surface area (Å²) >= 11 is 12.5. The number of aromatic nitrogens is 2. The van der Waals surface area contributed by atoms with E-state index in [0.29, 0.717) is 10.7 Å². The van der Waals surface area contributed by atoms with Gasteiger partial charge >= 0.3 is 0 Å². The first-order chi connectivity index (χ1) is 13.7. The third-order valence-electron chi connectivity index (χ3n) is 4.29. The quantitative estimate of drug-likeness (QED) is 0.599. The molecule has 1 heterocycles. The van der Waals surface area contributed by atoms with Crippen LogP contribution in [0.3, 0.4) is 0 Å². The first-order valence-electron chi connectivity index (χ1n) is 8.63. The number of hydrogen-bond acceptors (Lipinski definition) is 3. The van der Waals surface area contributed by atoms with Gasteiger partial charge in [0.2, 0.25) is 0 Å². The molecular formula is C20H18Cl2F2N4O. The minimum absolute atomic E-state index is 0.0232. The first-order valence-corrected chi connectivity index (χ1v) is 9.38. The number of amides is 1. The molecule has 152 valence electrons. The van der Waals surface area contributed by atoms with Gasteiger partial charge in [0.15, 0.2) is 11.6 Å². The van der Waals surface area contributed by atoms with Gasteiger partial charge in [0.25, 0.3) is 5.91 Å². The van der Waals surface area contributed by atoms with Crippen molar-refractivity contribution in [2.24, 2.45) is 0 Å². The van der Waals surface area contributed by atoms with Crippen LogP contribution in [0.1, 0.15) is 21.6 Å². The molecule has 3 rings (SSSR count). The van der Waals surface area contributed by atoms with Crippen LogP contribution in [0.15, 0.2) is 36.4 Å². The van der Waals surface area contributed by atoms with Crippen molar-refractivity contribution in [3.63, 3.8) is 0 Å². The summed E-state index contributed by atoms with van der Waals surface area (Å²) in [7, 11) is 3.05. The van der Waals surface area contributed by atoms with Gasteiger partial charge in [-0.25, -0.2) is 13.5 Å². The molecule has 1 N–H and O–H groups in total. The second-order valence-corrected chi connectivity index (χ2v) is 7.40. The van der Waals surface area contributed by atoms with E-state index in [-0.39, 0.29) is 28.6 Å². The zero-order valence-electron chi connectivity index (χ0n) is 15.9. The Labute approximate surface area is 176 Å². The Balaban J connectivity index is 1.87. The highest BCUT2D eigenvalue weighted by atomic mass is 35.5. The van der Waals surface area contributed by atoms with Crippen molar-refractivity contribution in [3.05, 3.63) is 75.0 Å². The number of nitrogens with one attached hydrogen (secondary N) is 1. The molecule has 0 unspecified atom stereocenters. The smallest absolute Gasteiger partial charge is 0.260 e. The van der Waals surface area contributed by atoms with Crippen molar-refractivity contribution < 1.29 is 13.6 Å². The molecule has 0 bridgehead atoms. The Bertz CT molecular complexity index is 1060. The number of hydrogen-bond donors (Lipinski definition) is 1. The van der Waals surface area contributed by atoms with Gasteiger partial charge < -0.3 is 10.2 Å². The van der Waals surface area contributed by atoms with Gasteiger partial charge in [-0.2, -0.15) is 5.10 Å². The Morgan fingerprint density at radius 1 is 1.17 bits per heavy atom. The molecular weight excluding hydrogens is 421 g/mol. The third-order valence-corrected chi connectivity index (χ3v) is 5.05. The lowest BCUT2D eigenvalue weighted by Gasteiger charge is -2.15. The summed E-state index contributed by atoms with van der Waals surface area (Å²) in [5.74, 6) is -2.20. The fourth-order valence-corrected chi connectivity index (χ4v) is 3.48. The topological polar surface area (TPSA) is 50.2 Å². The van der Waals surface area contributed by atoms with Crippen LogP contribution in [0.4, 0.5) is 20.2 Å². The maximum Gasteiger partial charge on any atom is 0.260 e. The fourth-order valence-electron chi connectivity index (χ4n) is 2.96. The fraction of sp³-hybridized carbons (Fsp3) is 0.200. The van der Waals surface area contributed by atoms with Crippen molar-refractivity contribution in [2.75, 3.05) is 24.3 Å². The standard InChI is InChI=1S/C20H18Cl2F2N4O/c1-11-17(19(22)28(26-11)10-12-6-4-5-7-14(12)21)20(29)25-13-8-15(23)18(27(2)3)16(24)9-13/h4-9H,10H2,1-3H3,(H,25,29). The van der Waals surface area contributed by atoms with Crippen LogP contribution < -0.4 is 10.2 Å². The zero-order valence-corrected chi connectivity index (χ0v) is 17.4. The van der Waals surface area contributed by atoms with Crippen molar-refractivity contribution in [2.45, 2.75) is 13.5 Å². The molecule has 0 spiro atoms. The Morgan fingerprint density at radius 3 is 2.38 bits per heavy atom. The van der Waals surface area contributed by atoms with E-state index in [2.05, 4.69) is 10.4 Å². The number of benzene rings is 2. The highest BCUT2D eigenvalue weighted by Crippen LogP contribution is 2.28. The van der Waals surface area contributed by atoms with Gasteiger partial charge in [0, 0.05) is 24.8 Å². The largest absolute Gasteiger partial charge is 0.373 e. The summed E-state index contributed by atoms with van der Waals surface area (Å²) in [4.78, 5) is 14.0. The van der Waals surface area contributed by atoms with Crippen LogP contribution in [-0.4, -0.2) is 29.8 Å². The van der Waals surface area contributed by atoms with E-state index < -0.39 is 17.5 Å². The number of carbonyl (C=O) groups excluding carboxylic acids is 1. The lowest BCUT2D eigenvalue weighted by Crippen LogP contribution is -2.16. The maximum absolute atomic E-state index is 14.2. The second kappa shape index (κ2) is 8.39. The lowest BCUT2D eigenvalue weighted by atomic mass is 10.2. The molecule has 1 aromatic heterocycles. The van der Waals surface area contributed by atoms with E-state index in [9.17, 15) is 13.6 Å². The van der Waals surface area contributed by atoms with E-state index in [1.165, 1.54) is 23.7 Å². The summed E-state index contributed by atoms with van der Waals surface area (Å²) in [5.41, 5.74) is 1.07. The molecule has 5 nitrogen and oxygen atoms in total. The monoisotopic (exact) mass is 438 g/mol. The zero-order chi connectivity index (χ0) is 21.3. The normalized spacial score (nSPS) is 10.9. The number of halogens is 4. The molecule has 29 heavy (non-hydrogen) atoms. The van der Waals surface area contributed by atoms with Gasteiger partial charge in [0.05, 0.1) is 17.8 Å². The van der Waals surface area contributed by atoms with Crippen molar-refractivity contribution >= 4 is 40.5 Å². The predicted octanol–water partition coefficient (Wildman–Crippen LogP) is 5.14. The summed E-state index contributed by atoms with van der Waals surface area (Å²) < 4.78 is 29.8. The molecule has 0 fully saturated rings. The van der Waals surface area contributed by atoms with Crippen molar-refractivity contribution in [1.82, 2.24) is 9.78 Å². The number of rotatable bonds is 5. The minimum Gasteiger partial charge on any atom is -0.373 e. The number of anilines is 2. The maximum atomic E-state index is 14.2. The van der Waals surface area contributed by atoms with E-state index in [1.807, 2.05) is 12.1 Å². The van der Waals surface area contributed by atoms with Crippen LogP contribution in [0, 0.1) is 18.6 Å². The summed E-state index contributed by atoms with van der Waals surface area (Å²) in [6, 6.07) is 9.31. The first kappa shape index (κ1) is 21.1. The Hall–Kier alpha value is -2.64.